The Bertz CT molecular complexity index is 400. The van der Waals surface area contributed by atoms with E-state index in [1.165, 1.54) is 6.26 Å². The Balaban J connectivity index is 3.09. The third-order valence-corrected chi connectivity index (χ3v) is 1.18. The summed E-state index contributed by atoms with van der Waals surface area (Å²) in [7, 11) is 0. The molecule has 4 heteroatoms. The number of fused-ring (bicyclic) bond motifs is 1. The van der Waals surface area contributed by atoms with E-state index in [1.807, 2.05) is 0 Å². The van der Waals surface area contributed by atoms with Crippen molar-refractivity contribution < 1.29 is 8.83 Å². The number of furan rings is 1. The number of hydrogen-bond acceptors (Lipinski definition) is 4. The quantitative estimate of drug-likeness (QED) is 0.538. The Kier molecular flexibility index (Phi) is 0.887. The van der Waals surface area contributed by atoms with E-state index in [2.05, 4.69) is 9.40 Å². The van der Waals surface area contributed by atoms with Gasteiger partial charge in [0.2, 0.25) is 5.58 Å². The van der Waals surface area contributed by atoms with Crippen molar-refractivity contribution in [3.63, 3.8) is 0 Å². The van der Waals surface area contributed by atoms with Crippen molar-refractivity contribution in [2.24, 2.45) is 0 Å². The zero-order chi connectivity index (χ0) is 6.97. The van der Waals surface area contributed by atoms with Crippen LogP contribution in [0, 0.1) is 0 Å². The molecule has 0 aliphatic rings. The second-order valence-electron chi connectivity index (χ2n) is 1.77. The minimum absolute atomic E-state index is 0.169. The molecule has 0 bridgehead atoms. The van der Waals surface area contributed by atoms with E-state index in [1.54, 1.807) is 6.07 Å². The standard InChI is InChI=1S/C6H3NO3/c8-6-5-4(1-2-9-5)7-3-10-6/h1-3H. The van der Waals surface area contributed by atoms with E-state index in [-0.39, 0.29) is 5.58 Å². The molecule has 2 aromatic heterocycles. The van der Waals surface area contributed by atoms with Crippen LogP contribution < -0.4 is 5.63 Å². The summed E-state index contributed by atoms with van der Waals surface area (Å²) in [6.07, 6.45) is 2.49. The maximum atomic E-state index is 10.7. The van der Waals surface area contributed by atoms with Crippen LogP contribution in [0.1, 0.15) is 0 Å². The third kappa shape index (κ3) is 0.556. The van der Waals surface area contributed by atoms with Gasteiger partial charge in [0.05, 0.1) is 6.26 Å². The van der Waals surface area contributed by atoms with Gasteiger partial charge in [-0.25, -0.2) is 9.78 Å². The molecule has 0 saturated carbocycles. The zero-order valence-electron chi connectivity index (χ0n) is 4.90. The van der Waals surface area contributed by atoms with Gasteiger partial charge in [-0.2, -0.15) is 0 Å². The molecule has 2 aromatic rings. The molecule has 0 atom stereocenters. The minimum atomic E-state index is -0.491. The van der Waals surface area contributed by atoms with Crippen LogP contribution in [-0.2, 0) is 0 Å². The van der Waals surface area contributed by atoms with Gasteiger partial charge >= 0.3 is 5.63 Å². The van der Waals surface area contributed by atoms with Crippen LogP contribution in [0.15, 0.2) is 32.4 Å². The Hall–Kier alpha value is -1.58. The number of rotatable bonds is 0. The first-order chi connectivity index (χ1) is 4.88. The molecule has 0 spiro atoms. The molecule has 10 heavy (non-hydrogen) atoms. The summed E-state index contributed by atoms with van der Waals surface area (Å²) in [5.41, 5.74) is 0.203. The molecule has 4 nitrogen and oxygen atoms in total. The lowest BCUT2D eigenvalue weighted by atomic mass is 10.5. The maximum Gasteiger partial charge on any atom is 0.382 e. The van der Waals surface area contributed by atoms with Gasteiger partial charge in [0.15, 0.2) is 6.39 Å². The molecular weight excluding hydrogens is 134 g/mol. The van der Waals surface area contributed by atoms with Gasteiger partial charge in [-0.1, -0.05) is 0 Å². The van der Waals surface area contributed by atoms with Gasteiger partial charge in [-0.05, 0) is 0 Å². The van der Waals surface area contributed by atoms with Crippen molar-refractivity contribution >= 4 is 11.1 Å². The maximum absolute atomic E-state index is 10.7. The molecule has 0 saturated heterocycles. The smallest absolute Gasteiger partial charge is 0.382 e. The summed E-state index contributed by atoms with van der Waals surface area (Å²) in [5, 5.41) is 0. The number of nitrogens with zero attached hydrogens (tertiary/aromatic N) is 1. The molecule has 0 aliphatic carbocycles. The second-order valence-corrected chi connectivity index (χ2v) is 1.77. The minimum Gasteiger partial charge on any atom is -0.455 e. The Morgan fingerprint density at radius 1 is 1.40 bits per heavy atom. The van der Waals surface area contributed by atoms with Crippen LogP contribution in [0.5, 0.6) is 0 Å². The third-order valence-electron chi connectivity index (χ3n) is 1.18. The Labute approximate surface area is 55.1 Å². The first-order valence-electron chi connectivity index (χ1n) is 2.69. The van der Waals surface area contributed by atoms with Crippen LogP contribution in [0.25, 0.3) is 11.1 Å². The van der Waals surface area contributed by atoms with E-state index < -0.39 is 5.63 Å². The fraction of sp³-hybridized carbons (Fsp3) is 0. The highest BCUT2D eigenvalue weighted by Gasteiger charge is 2.01. The SMILES string of the molecule is O=c1ocnc2ccoc12. The Morgan fingerprint density at radius 3 is 3.10 bits per heavy atom. The average molecular weight is 137 g/mol. The first kappa shape index (κ1) is 5.22. The molecule has 0 aromatic carbocycles. The first-order valence-corrected chi connectivity index (χ1v) is 2.69. The van der Waals surface area contributed by atoms with Crippen molar-refractivity contribution in [2.75, 3.05) is 0 Å². The highest BCUT2D eigenvalue weighted by Crippen LogP contribution is 2.05. The van der Waals surface area contributed by atoms with Crippen molar-refractivity contribution in [3.8, 4) is 0 Å². The van der Waals surface area contributed by atoms with Crippen LogP contribution >= 0.6 is 0 Å². The molecule has 0 fully saturated rings. The topological polar surface area (TPSA) is 56.2 Å². The lowest BCUT2D eigenvalue weighted by molar-refractivity contribution is 0.480. The summed E-state index contributed by atoms with van der Waals surface area (Å²) in [6, 6.07) is 1.60. The van der Waals surface area contributed by atoms with Crippen molar-refractivity contribution in [3.05, 3.63) is 29.1 Å². The van der Waals surface area contributed by atoms with Gasteiger partial charge in [0.25, 0.3) is 0 Å². The lowest BCUT2D eigenvalue weighted by Gasteiger charge is -1.80. The molecule has 0 unspecified atom stereocenters. The van der Waals surface area contributed by atoms with Crippen LogP contribution in [0.3, 0.4) is 0 Å². The van der Waals surface area contributed by atoms with E-state index in [0.29, 0.717) is 5.52 Å². The highest BCUT2D eigenvalue weighted by atomic mass is 16.4. The average Bonchev–Trinajstić information content (AvgIpc) is 2.36. The largest absolute Gasteiger partial charge is 0.455 e. The van der Waals surface area contributed by atoms with Crippen LogP contribution in [-0.4, -0.2) is 4.98 Å². The molecule has 2 heterocycles. The molecular formula is C6H3NO3. The summed E-state index contributed by atoms with van der Waals surface area (Å²) < 4.78 is 9.22. The normalized spacial score (nSPS) is 10.4. The highest BCUT2D eigenvalue weighted by molar-refractivity contribution is 5.69. The fourth-order valence-corrected chi connectivity index (χ4v) is 0.741. The predicted molar refractivity (Wildman–Crippen MR) is 32.5 cm³/mol. The summed E-state index contributed by atoms with van der Waals surface area (Å²) >= 11 is 0. The molecule has 0 amide bonds. The van der Waals surface area contributed by atoms with E-state index in [9.17, 15) is 4.79 Å². The molecule has 0 radical (unpaired) electrons. The fourth-order valence-electron chi connectivity index (χ4n) is 0.741. The van der Waals surface area contributed by atoms with Gasteiger partial charge in [-0.3, -0.25) is 0 Å². The monoisotopic (exact) mass is 137 g/mol. The van der Waals surface area contributed by atoms with Crippen molar-refractivity contribution in [1.82, 2.24) is 4.98 Å². The number of aromatic nitrogens is 1. The molecule has 50 valence electrons. The van der Waals surface area contributed by atoms with E-state index >= 15 is 0 Å². The van der Waals surface area contributed by atoms with E-state index in [4.69, 9.17) is 4.42 Å². The lowest BCUT2D eigenvalue weighted by Crippen LogP contribution is -1.96. The van der Waals surface area contributed by atoms with Gasteiger partial charge in [0, 0.05) is 6.07 Å². The predicted octanol–water partition coefficient (Wildman–Crippen LogP) is 0.781. The second kappa shape index (κ2) is 1.70. The van der Waals surface area contributed by atoms with E-state index in [0.717, 1.165) is 6.39 Å². The van der Waals surface area contributed by atoms with Gasteiger partial charge in [-0.15, -0.1) is 0 Å². The molecule has 0 aliphatic heterocycles. The van der Waals surface area contributed by atoms with Crippen molar-refractivity contribution in [1.29, 1.82) is 0 Å². The summed E-state index contributed by atoms with van der Waals surface area (Å²) in [4.78, 5) is 14.5. The summed E-state index contributed by atoms with van der Waals surface area (Å²) in [5.74, 6) is 0. The summed E-state index contributed by atoms with van der Waals surface area (Å²) in [6.45, 7) is 0. The molecule has 0 N–H and O–H groups in total. The molecule has 2 rings (SSSR count). The zero-order valence-corrected chi connectivity index (χ0v) is 4.90. The van der Waals surface area contributed by atoms with Crippen molar-refractivity contribution in [2.45, 2.75) is 0 Å². The number of hydrogen-bond donors (Lipinski definition) is 0. The van der Waals surface area contributed by atoms with Crippen LogP contribution in [0.2, 0.25) is 0 Å². The van der Waals surface area contributed by atoms with Crippen LogP contribution in [0.4, 0.5) is 0 Å². The Morgan fingerprint density at radius 2 is 2.30 bits per heavy atom. The van der Waals surface area contributed by atoms with Gasteiger partial charge < -0.3 is 8.83 Å². The van der Waals surface area contributed by atoms with Gasteiger partial charge in [0.1, 0.15) is 5.52 Å².